The Hall–Kier alpha value is -0.290. The molecular formula is C11H13Cl2NO2S. The van der Waals surface area contributed by atoms with Gasteiger partial charge >= 0.3 is 0 Å². The molecule has 6 heteroatoms. The fraction of sp³-hybridized carbons (Fsp3) is 0.455. The van der Waals surface area contributed by atoms with Crippen molar-refractivity contribution in [3.05, 3.63) is 28.8 Å². The van der Waals surface area contributed by atoms with Crippen LogP contribution in [0, 0.1) is 0 Å². The van der Waals surface area contributed by atoms with Gasteiger partial charge in [-0.15, -0.1) is 11.6 Å². The number of nitrogens with zero attached hydrogens (tertiary/aromatic N) is 1. The number of rotatable bonds is 3. The molecule has 1 aliphatic heterocycles. The van der Waals surface area contributed by atoms with Crippen LogP contribution >= 0.6 is 23.2 Å². The van der Waals surface area contributed by atoms with E-state index in [0.29, 0.717) is 23.7 Å². The number of hydrogen-bond donors (Lipinski definition) is 0. The molecule has 0 saturated carbocycles. The van der Waals surface area contributed by atoms with Gasteiger partial charge in [0.05, 0.1) is 4.90 Å². The Morgan fingerprint density at radius 1 is 1.24 bits per heavy atom. The molecular weight excluding hydrogens is 281 g/mol. The van der Waals surface area contributed by atoms with Crippen LogP contribution in [-0.2, 0) is 15.9 Å². The summed E-state index contributed by atoms with van der Waals surface area (Å²) in [6.45, 7) is 1.20. The predicted octanol–water partition coefficient (Wildman–Crippen LogP) is 2.86. The average Bonchev–Trinajstić information content (AvgIpc) is 2.83. The van der Waals surface area contributed by atoms with Gasteiger partial charge in [0.25, 0.3) is 0 Å². The molecule has 0 aromatic heterocycles. The van der Waals surface area contributed by atoms with Crippen LogP contribution in [0.5, 0.6) is 0 Å². The van der Waals surface area contributed by atoms with Crippen molar-refractivity contribution in [2.24, 2.45) is 0 Å². The molecule has 94 valence electrons. The highest BCUT2D eigenvalue weighted by atomic mass is 35.5. The first-order valence-electron chi connectivity index (χ1n) is 5.40. The van der Waals surface area contributed by atoms with Crippen LogP contribution in [0.1, 0.15) is 18.4 Å². The van der Waals surface area contributed by atoms with Crippen molar-refractivity contribution < 1.29 is 8.42 Å². The molecule has 0 N–H and O–H groups in total. The molecule has 1 fully saturated rings. The van der Waals surface area contributed by atoms with Gasteiger partial charge in [0.15, 0.2) is 0 Å². The van der Waals surface area contributed by atoms with Crippen molar-refractivity contribution in [1.29, 1.82) is 0 Å². The van der Waals surface area contributed by atoms with E-state index < -0.39 is 10.0 Å². The fourth-order valence-corrected chi connectivity index (χ4v) is 3.93. The second-order valence-electron chi connectivity index (χ2n) is 4.00. The highest BCUT2D eigenvalue weighted by Crippen LogP contribution is 2.25. The van der Waals surface area contributed by atoms with Crippen LogP contribution in [-0.4, -0.2) is 25.8 Å². The number of benzene rings is 1. The average molecular weight is 294 g/mol. The molecule has 1 heterocycles. The van der Waals surface area contributed by atoms with E-state index in [-0.39, 0.29) is 10.8 Å². The third-order valence-electron chi connectivity index (χ3n) is 2.86. The lowest BCUT2D eigenvalue weighted by atomic mass is 10.2. The molecule has 1 aromatic rings. The van der Waals surface area contributed by atoms with Crippen LogP contribution in [0.25, 0.3) is 0 Å². The second kappa shape index (κ2) is 5.14. The Kier molecular flexibility index (Phi) is 3.98. The summed E-state index contributed by atoms with van der Waals surface area (Å²) in [5.41, 5.74) is 0.647. The van der Waals surface area contributed by atoms with Crippen LogP contribution in [0.2, 0.25) is 5.02 Å². The molecule has 0 radical (unpaired) electrons. The highest BCUT2D eigenvalue weighted by molar-refractivity contribution is 7.89. The molecule has 1 aromatic carbocycles. The van der Waals surface area contributed by atoms with Gasteiger partial charge in [-0.25, -0.2) is 8.42 Å². The molecule has 0 aliphatic carbocycles. The summed E-state index contributed by atoms with van der Waals surface area (Å²) < 4.78 is 26.0. The zero-order chi connectivity index (χ0) is 12.5. The molecule has 0 unspecified atom stereocenters. The lowest BCUT2D eigenvalue weighted by Gasteiger charge is -2.16. The number of alkyl halides is 1. The molecule has 0 amide bonds. The molecule has 0 spiro atoms. The van der Waals surface area contributed by atoms with E-state index in [2.05, 4.69) is 0 Å². The summed E-state index contributed by atoms with van der Waals surface area (Å²) >= 11 is 11.6. The first-order valence-corrected chi connectivity index (χ1v) is 7.75. The predicted molar refractivity (Wildman–Crippen MR) is 69.0 cm³/mol. The van der Waals surface area contributed by atoms with E-state index in [1.165, 1.54) is 10.4 Å². The number of hydrogen-bond acceptors (Lipinski definition) is 2. The third kappa shape index (κ3) is 2.60. The normalized spacial score (nSPS) is 17.5. The summed E-state index contributed by atoms with van der Waals surface area (Å²) in [6, 6.07) is 4.68. The van der Waals surface area contributed by atoms with Crippen molar-refractivity contribution in [1.82, 2.24) is 4.31 Å². The van der Waals surface area contributed by atoms with Gasteiger partial charge in [-0.05, 0) is 36.6 Å². The zero-order valence-electron chi connectivity index (χ0n) is 9.20. The summed E-state index contributed by atoms with van der Waals surface area (Å²) in [7, 11) is -3.37. The second-order valence-corrected chi connectivity index (χ2v) is 6.61. The van der Waals surface area contributed by atoms with Crippen molar-refractivity contribution in [2.75, 3.05) is 13.1 Å². The van der Waals surface area contributed by atoms with Crippen LogP contribution in [0.15, 0.2) is 23.1 Å². The SMILES string of the molecule is O=S(=O)(c1ccc(Cl)c(CCl)c1)N1CCCC1. The molecule has 0 atom stereocenters. The van der Waals surface area contributed by atoms with Gasteiger partial charge in [0.1, 0.15) is 0 Å². The third-order valence-corrected chi connectivity index (χ3v) is 5.42. The molecule has 1 saturated heterocycles. The first kappa shape index (κ1) is 13.1. The van der Waals surface area contributed by atoms with Crippen LogP contribution in [0.3, 0.4) is 0 Å². The van der Waals surface area contributed by atoms with Gasteiger partial charge in [-0.2, -0.15) is 4.31 Å². The van der Waals surface area contributed by atoms with E-state index in [4.69, 9.17) is 23.2 Å². The van der Waals surface area contributed by atoms with Crippen molar-refractivity contribution in [2.45, 2.75) is 23.6 Å². The summed E-state index contributed by atoms with van der Waals surface area (Å²) in [4.78, 5) is 0.277. The fourth-order valence-electron chi connectivity index (χ4n) is 1.89. The van der Waals surface area contributed by atoms with Crippen molar-refractivity contribution >= 4 is 33.2 Å². The van der Waals surface area contributed by atoms with Gasteiger partial charge in [0.2, 0.25) is 10.0 Å². The van der Waals surface area contributed by atoms with Gasteiger partial charge in [0, 0.05) is 24.0 Å². The summed E-state index contributed by atoms with van der Waals surface area (Å²) in [5.74, 6) is 0.211. The van der Waals surface area contributed by atoms with Crippen LogP contribution in [0.4, 0.5) is 0 Å². The minimum Gasteiger partial charge on any atom is -0.207 e. The zero-order valence-corrected chi connectivity index (χ0v) is 11.5. The molecule has 17 heavy (non-hydrogen) atoms. The van der Waals surface area contributed by atoms with Crippen molar-refractivity contribution in [3.63, 3.8) is 0 Å². The largest absolute Gasteiger partial charge is 0.243 e. The van der Waals surface area contributed by atoms with Gasteiger partial charge < -0.3 is 0 Å². The maximum Gasteiger partial charge on any atom is 0.243 e. The lowest BCUT2D eigenvalue weighted by Crippen LogP contribution is -2.27. The smallest absolute Gasteiger partial charge is 0.207 e. The monoisotopic (exact) mass is 293 g/mol. The Morgan fingerprint density at radius 3 is 2.47 bits per heavy atom. The van der Waals surface area contributed by atoms with E-state index in [0.717, 1.165) is 12.8 Å². The quantitative estimate of drug-likeness (QED) is 0.804. The maximum absolute atomic E-state index is 12.3. The van der Waals surface area contributed by atoms with Gasteiger partial charge in [-0.1, -0.05) is 11.6 Å². The topological polar surface area (TPSA) is 37.4 Å². The van der Waals surface area contributed by atoms with E-state index in [1.54, 1.807) is 12.1 Å². The minimum atomic E-state index is -3.37. The number of sulfonamides is 1. The first-order chi connectivity index (χ1) is 8.05. The summed E-state index contributed by atoms with van der Waals surface area (Å²) in [6.07, 6.45) is 1.85. The Bertz CT molecular complexity index is 510. The van der Waals surface area contributed by atoms with Gasteiger partial charge in [-0.3, -0.25) is 0 Å². The number of halogens is 2. The molecule has 2 rings (SSSR count). The maximum atomic E-state index is 12.3. The standard InChI is InChI=1S/C11H13Cl2NO2S/c12-8-9-7-10(3-4-11(9)13)17(15,16)14-5-1-2-6-14/h3-4,7H,1-2,5-6,8H2. The molecule has 1 aliphatic rings. The van der Waals surface area contributed by atoms with E-state index in [9.17, 15) is 8.42 Å². The highest BCUT2D eigenvalue weighted by Gasteiger charge is 2.27. The molecule has 0 bridgehead atoms. The Morgan fingerprint density at radius 2 is 1.88 bits per heavy atom. The Labute approximate surface area is 111 Å². The van der Waals surface area contributed by atoms with Crippen LogP contribution < -0.4 is 0 Å². The summed E-state index contributed by atoms with van der Waals surface area (Å²) in [5, 5.41) is 0.500. The molecule has 3 nitrogen and oxygen atoms in total. The van der Waals surface area contributed by atoms with E-state index >= 15 is 0 Å². The lowest BCUT2D eigenvalue weighted by molar-refractivity contribution is 0.477. The van der Waals surface area contributed by atoms with Crippen molar-refractivity contribution in [3.8, 4) is 0 Å². The van der Waals surface area contributed by atoms with E-state index in [1.807, 2.05) is 0 Å². The minimum absolute atomic E-state index is 0.211. The Balaban J connectivity index is 2.39.